The van der Waals surface area contributed by atoms with Gasteiger partial charge in [-0.3, -0.25) is 0 Å². The standard InChI is InChI=1S/C15H19NO2/c1-10(16)8-14-13-9-12(17-2)6-4-11(13)5-7-15(14)18-3/h4-7,9-10H,8,16H2,1-3H3. The number of fused-ring (bicyclic) bond motifs is 1. The average molecular weight is 245 g/mol. The Morgan fingerprint density at radius 2 is 1.83 bits per heavy atom. The predicted molar refractivity (Wildman–Crippen MR) is 74.4 cm³/mol. The molecule has 3 nitrogen and oxygen atoms in total. The summed E-state index contributed by atoms with van der Waals surface area (Å²) in [5.41, 5.74) is 7.07. The third-order valence-electron chi connectivity index (χ3n) is 3.04. The van der Waals surface area contributed by atoms with Crippen LogP contribution in [0.4, 0.5) is 0 Å². The zero-order chi connectivity index (χ0) is 13.1. The molecule has 0 aromatic heterocycles. The molecule has 1 atom stereocenters. The smallest absolute Gasteiger partial charge is 0.122 e. The maximum absolute atomic E-state index is 5.92. The fraction of sp³-hybridized carbons (Fsp3) is 0.333. The molecule has 0 spiro atoms. The fourth-order valence-corrected chi connectivity index (χ4v) is 2.19. The number of benzene rings is 2. The van der Waals surface area contributed by atoms with E-state index in [1.165, 1.54) is 5.39 Å². The summed E-state index contributed by atoms with van der Waals surface area (Å²) in [6.07, 6.45) is 0.785. The normalized spacial score (nSPS) is 12.4. The second-order valence-corrected chi connectivity index (χ2v) is 4.51. The van der Waals surface area contributed by atoms with Crippen molar-refractivity contribution in [2.75, 3.05) is 14.2 Å². The van der Waals surface area contributed by atoms with E-state index >= 15 is 0 Å². The van der Waals surface area contributed by atoms with Gasteiger partial charge in [-0.1, -0.05) is 12.1 Å². The van der Waals surface area contributed by atoms with Crippen molar-refractivity contribution < 1.29 is 9.47 Å². The van der Waals surface area contributed by atoms with Crippen LogP contribution in [0.15, 0.2) is 30.3 Å². The summed E-state index contributed by atoms with van der Waals surface area (Å²) in [6, 6.07) is 10.2. The van der Waals surface area contributed by atoms with Crippen LogP contribution < -0.4 is 15.2 Å². The van der Waals surface area contributed by atoms with Gasteiger partial charge in [-0.05, 0) is 42.3 Å². The molecule has 1 unspecified atom stereocenters. The van der Waals surface area contributed by atoms with E-state index in [0.29, 0.717) is 0 Å². The molecular formula is C15H19NO2. The number of rotatable bonds is 4. The second-order valence-electron chi connectivity index (χ2n) is 4.51. The highest BCUT2D eigenvalue weighted by Crippen LogP contribution is 2.31. The Hall–Kier alpha value is -1.74. The van der Waals surface area contributed by atoms with Gasteiger partial charge in [0.25, 0.3) is 0 Å². The van der Waals surface area contributed by atoms with E-state index in [-0.39, 0.29) is 6.04 Å². The highest BCUT2D eigenvalue weighted by molar-refractivity contribution is 5.89. The van der Waals surface area contributed by atoms with Crippen molar-refractivity contribution in [1.29, 1.82) is 0 Å². The first kappa shape index (κ1) is 12.7. The molecule has 0 aliphatic rings. The molecule has 3 heteroatoms. The van der Waals surface area contributed by atoms with Gasteiger partial charge in [0, 0.05) is 11.6 Å². The molecule has 0 aliphatic carbocycles. The van der Waals surface area contributed by atoms with Crippen molar-refractivity contribution in [2.24, 2.45) is 5.73 Å². The van der Waals surface area contributed by atoms with E-state index in [1.807, 2.05) is 25.1 Å². The van der Waals surface area contributed by atoms with Crippen LogP contribution in [0, 0.1) is 0 Å². The maximum Gasteiger partial charge on any atom is 0.122 e. The quantitative estimate of drug-likeness (QED) is 0.900. The van der Waals surface area contributed by atoms with Crippen LogP contribution in [0.5, 0.6) is 11.5 Å². The Morgan fingerprint density at radius 3 is 2.44 bits per heavy atom. The Bertz CT molecular complexity index is 544. The van der Waals surface area contributed by atoms with Gasteiger partial charge >= 0.3 is 0 Å². The number of hydrogen-bond donors (Lipinski definition) is 1. The molecule has 0 heterocycles. The van der Waals surface area contributed by atoms with Gasteiger partial charge in [-0.2, -0.15) is 0 Å². The van der Waals surface area contributed by atoms with Gasteiger partial charge in [0.15, 0.2) is 0 Å². The van der Waals surface area contributed by atoms with Crippen LogP contribution in [0.2, 0.25) is 0 Å². The van der Waals surface area contributed by atoms with Gasteiger partial charge in [-0.15, -0.1) is 0 Å². The van der Waals surface area contributed by atoms with Crippen molar-refractivity contribution in [1.82, 2.24) is 0 Å². The van der Waals surface area contributed by atoms with Gasteiger partial charge < -0.3 is 15.2 Å². The molecule has 0 bridgehead atoms. The molecule has 2 aromatic rings. The molecule has 0 saturated heterocycles. The highest BCUT2D eigenvalue weighted by Gasteiger charge is 2.11. The molecular weight excluding hydrogens is 226 g/mol. The largest absolute Gasteiger partial charge is 0.497 e. The SMILES string of the molecule is COc1ccc2ccc(OC)c(CC(C)N)c2c1. The van der Waals surface area contributed by atoms with Crippen molar-refractivity contribution in [3.63, 3.8) is 0 Å². The molecule has 0 amide bonds. The van der Waals surface area contributed by atoms with Crippen LogP contribution in [-0.2, 0) is 6.42 Å². The topological polar surface area (TPSA) is 44.5 Å². The van der Waals surface area contributed by atoms with Crippen molar-refractivity contribution in [3.05, 3.63) is 35.9 Å². The highest BCUT2D eigenvalue weighted by atomic mass is 16.5. The van der Waals surface area contributed by atoms with Crippen molar-refractivity contribution >= 4 is 10.8 Å². The van der Waals surface area contributed by atoms with E-state index in [2.05, 4.69) is 12.1 Å². The lowest BCUT2D eigenvalue weighted by Crippen LogP contribution is -2.18. The van der Waals surface area contributed by atoms with Crippen LogP contribution in [0.3, 0.4) is 0 Å². The molecule has 2 N–H and O–H groups in total. The maximum atomic E-state index is 5.92. The monoisotopic (exact) mass is 245 g/mol. The van der Waals surface area contributed by atoms with Gasteiger partial charge in [0.2, 0.25) is 0 Å². The van der Waals surface area contributed by atoms with Crippen LogP contribution in [0.1, 0.15) is 12.5 Å². The molecule has 18 heavy (non-hydrogen) atoms. The zero-order valence-corrected chi connectivity index (χ0v) is 11.1. The average Bonchev–Trinajstić information content (AvgIpc) is 2.38. The van der Waals surface area contributed by atoms with Crippen LogP contribution in [0.25, 0.3) is 10.8 Å². The minimum atomic E-state index is 0.0932. The number of methoxy groups -OCH3 is 2. The minimum Gasteiger partial charge on any atom is -0.497 e. The summed E-state index contributed by atoms with van der Waals surface area (Å²) in [6.45, 7) is 2.00. The number of ether oxygens (including phenoxy) is 2. The van der Waals surface area contributed by atoms with Crippen molar-refractivity contribution in [3.8, 4) is 11.5 Å². The lowest BCUT2D eigenvalue weighted by molar-refractivity contribution is 0.408. The molecule has 0 aliphatic heterocycles. The van der Waals surface area contributed by atoms with E-state index in [1.54, 1.807) is 14.2 Å². The zero-order valence-electron chi connectivity index (χ0n) is 11.1. The summed E-state index contributed by atoms with van der Waals surface area (Å²) in [7, 11) is 3.36. The van der Waals surface area contributed by atoms with Crippen molar-refractivity contribution in [2.45, 2.75) is 19.4 Å². The summed E-state index contributed by atoms with van der Waals surface area (Å²) in [4.78, 5) is 0. The first-order valence-electron chi connectivity index (χ1n) is 6.05. The summed E-state index contributed by atoms with van der Waals surface area (Å²) >= 11 is 0. The molecule has 96 valence electrons. The predicted octanol–water partition coefficient (Wildman–Crippen LogP) is 2.75. The lowest BCUT2D eigenvalue weighted by atomic mass is 9.98. The Kier molecular flexibility index (Phi) is 3.72. The third-order valence-corrected chi connectivity index (χ3v) is 3.04. The summed E-state index contributed by atoms with van der Waals surface area (Å²) in [5.74, 6) is 1.73. The fourth-order valence-electron chi connectivity index (χ4n) is 2.19. The minimum absolute atomic E-state index is 0.0932. The van der Waals surface area contributed by atoms with E-state index in [9.17, 15) is 0 Å². The second kappa shape index (κ2) is 5.27. The Labute approximate surface area is 108 Å². The molecule has 2 aromatic carbocycles. The first-order valence-corrected chi connectivity index (χ1v) is 6.05. The van der Waals surface area contributed by atoms with E-state index < -0.39 is 0 Å². The van der Waals surface area contributed by atoms with Gasteiger partial charge in [0.1, 0.15) is 11.5 Å². The number of nitrogens with two attached hydrogens (primary N) is 1. The molecule has 0 fully saturated rings. The van der Waals surface area contributed by atoms with E-state index in [4.69, 9.17) is 15.2 Å². The Morgan fingerprint density at radius 1 is 1.11 bits per heavy atom. The van der Waals surface area contributed by atoms with Gasteiger partial charge in [0.05, 0.1) is 14.2 Å². The summed E-state index contributed by atoms with van der Waals surface area (Å²) < 4.78 is 10.7. The first-order chi connectivity index (χ1) is 8.65. The third kappa shape index (κ3) is 2.41. The lowest BCUT2D eigenvalue weighted by Gasteiger charge is -2.14. The van der Waals surface area contributed by atoms with Crippen LogP contribution in [-0.4, -0.2) is 20.3 Å². The molecule has 0 saturated carbocycles. The molecule has 2 rings (SSSR count). The number of hydrogen-bond acceptors (Lipinski definition) is 3. The molecule has 0 radical (unpaired) electrons. The van der Waals surface area contributed by atoms with E-state index in [0.717, 1.165) is 28.9 Å². The Balaban J connectivity index is 2.65. The summed E-state index contributed by atoms with van der Waals surface area (Å²) in [5, 5.41) is 2.32. The van der Waals surface area contributed by atoms with Crippen LogP contribution >= 0.6 is 0 Å². The van der Waals surface area contributed by atoms with Gasteiger partial charge in [-0.25, -0.2) is 0 Å².